The number of carbonyl (C=O) groups excluding carboxylic acids is 2. The summed E-state index contributed by atoms with van der Waals surface area (Å²) in [6.07, 6.45) is 2.50. The number of fused-ring (bicyclic) bond motifs is 1. The lowest BCUT2D eigenvalue weighted by Crippen LogP contribution is -2.49. The Labute approximate surface area is 233 Å². The Morgan fingerprint density at radius 1 is 1.08 bits per heavy atom. The summed E-state index contributed by atoms with van der Waals surface area (Å²) >= 11 is 1.70. The first-order chi connectivity index (χ1) is 19.1. The molecular weight excluding hydrogens is 516 g/mol. The minimum atomic E-state index is -0.260. The number of nitrogens with zero attached hydrogens (tertiary/aromatic N) is 2. The molecule has 0 spiro atoms. The predicted octanol–water partition coefficient (Wildman–Crippen LogP) is 4.59. The molecule has 39 heavy (non-hydrogen) atoms. The normalized spacial score (nSPS) is 18.4. The number of hydrogen-bond acceptors (Lipinski definition) is 7. The molecule has 2 aliphatic rings. The van der Waals surface area contributed by atoms with Crippen LogP contribution in [0.15, 0.2) is 60.0 Å². The quantitative estimate of drug-likeness (QED) is 0.368. The van der Waals surface area contributed by atoms with Crippen molar-refractivity contribution in [2.45, 2.75) is 31.4 Å². The molecule has 2 aromatic carbocycles. The molecule has 8 nitrogen and oxygen atoms in total. The molecule has 0 saturated carbocycles. The van der Waals surface area contributed by atoms with Crippen molar-refractivity contribution in [3.8, 4) is 17.2 Å². The lowest BCUT2D eigenvalue weighted by atomic mass is 10.00. The monoisotopic (exact) mass is 550 g/mol. The van der Waals surface area contributed by atoms with E-state index in [0.29, 0.717) is 49.1 Å². The molecule has 3 aromatic rings. The first-order valence-electron chi connectivity index (χ1n) is 13.2. The standard InChI is InChI=1S/C30H34N2O6S/c1-35-21-7-5-8-22(17-21)38-20-26-24-13-16-39-28(24)12-14-32(26)29(33)19-31(18-23-9-6-15-37-23)30(34)25-10-3-4-11-27(25)36-2/h3-5,7-8,10-11,13,16-17,23,26H,6,9,12,14-15,18-20H2,1-2H3/t23-,26-/m0/s1. The molecule has 9 heteroatoms. The first kappa shape index (κ1) is 27.0. The minimum absolute atomic E-state index is 0.0497. The molecule has 0 aliphatic carbocycles. The van der Waals surface area contributed by atoms with Crippen molar-refractivity contribution in [1.29, 1.82) is 0 Å². The van der Waals surface area contributed by atoms with Crippen LogP contribution in [-0.4, -0.2) is 74.8 Å². The summed E-state index contributed by atoms with van der Waals surface area (Å²) in [5.41, 5.74) is 1.53. The van der Waals surface area contributed by atoms with Gasteiger partial charge in [-0.2, -0.15) is 0 Å². The van der Waals surface area contributed by atoms with Crippen LogP contribution in [0.2, 0.25) is 0 Å². The van der Waals surface area contributed by atoms with E-state index in [1.165, 1.54) is 4.88 Å². The fraction of sp³-hybridized carbons (Fsp3) is 0.400. The Morgan fingerprint density at radius 2 is 1.92 bits per heavy atom. The maximum Gasteiger partial charge on any atom is 0.258 e. The number of thiophene rings is 1. The van der Waals surface area contributed by atoms with E-state index in [1.807, 2.05) is 35.2 Å². The van der Waals surface area contributed by atoms with Gasteiger partial charge >= 0.3 is 0 Å². The summed E-state index contributed by atoms with van der Waals surface area (Å²) in [4.78, 5) is 32.4. The van der Waals surface area contributed by atoms with Gasteiger partial charge in [0.2, 0.25) is 5.91 Å². The molecule has 0 unspecified atom stereocenters. The molecule has 1 aromatic heterocycles. The Morgan fingerprint density at radius 3 is 2.72 bits per heavy atom. The van der Waals surface area contributed by atoms with Crippen LogP contribution < -0.4 is 14.2 Å². The molecule has 2 aliphatic heterocycles. The van der Waals surface area contributed by atoms with E-state index >= 15 is 0 Å². The summed E-state index contributed by atoms with van der Waals surface area (Å²) in [7, 11) is 3.16. The Hall–Kier alpha value is -3.56. The molecule has 3 heterocycles. The van der Waals surface area contributed by atoms with Gasteiger partial charge in [0, 0.05) is 30.6 Å². The number of ether oxygens (including phenoxy) is 4. The highest BCUT2D eigenvalue weighted by atomic mass is 32.1. The van der Waals surface area contributed by atoms with Crippen LogP contribution in [-0.2, 0) is 16.0 Å². The van der Waals surface area contributed by atoms with E-state index < -0.39 is 0 Å². The van der Waals surface area contributed by atoms with E-state index in [-0.39, 0.29) is 30.5 Å². The van der Waals surface area contributed by atoms with Gasteiger partial charge in [0.05, 0.1) is 31.9 Å². The van der Waals surface area contributed by atoms with Gasteiger partial charge in [-0.3, -0.25) is 9.59 Å². The predicted molar refractivity (Wildman–Crippen MR) is 149 cm³/mol. The van der Waals surface area contributed by atoms with E-state index in [1.54, 1.807) is 48.7 Å². The van der Waals surface area contributed by atoms with Crippen molar-refractivity contribution in [1.82, 2.24) is 9.80 Å². The molecular formula is C30H34N2O6S. The van der Waals surface area contributed by atoms with E-state index in [9.17, 15) is 9.59 Å². The highest BCUT2D eigenvalue weighted by Gasteiger charge is 2.35. The lowest BCUT2D eigenvalue weighted by molar-refractivity contribution is -0.135. The molecule has 2 amide bonds. The molecule has 1 fully saturated rings. The number of amides is 2. The van der Waals surface area contributed by atoms with E-state index in [2.05, 4.69) is 11.4 Å². The van der Waals surface area contributed by atoms with Crippen molar-refractivity contribution in [2.75, 3.05) is 47.1 Å². The average molecular weight is 551 g/mol. The van der Waals surface area contributed by atoms with Crippen molar-refractivity contribution in [2.24, 2.45) is 0 Å². The summed E-state index contributed by atoms with van der Waals surface area (Å²) in [5, 5.41) is 2.06. The number of rotatable bonds is 10. The summed E-state index contributed by atoms with van der Waals surface area (Å²) in [5.74, 6) is 1.51. The zero-order valence-corrected chi connectivity index (χ0v) is 23.2. The topological polar surface area (TPSA) is 77.5 Å². The van der Waals surface area contributed by atoms with Crippen LogP contribution >= 0.6 is 11.3 Å². The van der Waals surface area contributed by atoms with Crippen molar-refractivity contribution < 1.29 is 28.5 Å². The van der Waals surface area contributed by atoms with E-state index in [4.69, 9.17) is 18.9 Å². The van der Waals surface area contributed by atoms with Gasteiger partial charge in [-0.25, -0.2) is 0 Å². The largest absolute Gasteiger partial charge is 0.497 e. The van der Waals surface area contributed by atoms with Gasteiger partial charge in [-0.05, 0) is 60.5 Å². The van der Waals surface area contributed by atoms with Crippen LogP contribution in [0.25, 0.3) is 0 Å². The van der Waals surface area contributed by atoms with Crippen LogP contribution in [0.5, 0.6) is 17.2 Å². The smallest absolute Gasteiger partial charge is 0.258 e. The summed E-state index contributed by atoms with van der Waals surface area (Å²) in [6.45, 7) is 1.84. The summed E-state index contributed by atoms with van der Waals surface area (Å²) < 4.78 is 22.8. The van der Waals surface area contributed by atoms with Gasteiger partial charge < -0.3 is 28.7 Å². The third-order valence-corrected chi connectivity index (χ3v) is 8.26. The minimum Gasteiger partial charge on any atom is -0.497 e. The molecule has 0 bridgehead atoms. The van der Waals surface area contributed by atoms with Crippen molar-refractivity contribution in [3.05, 3.63) is 76.0 Å². The highest BCUT2D eigenvalue weighted by molar-refractivity contribution is 7.10. The molecule has 0 N–H and O–H groups in total. The second-order valence-corrected chi connectivity index (χ2v) is 10.7. The van der Waals surface area contributed by atoms with Gasteiger partial charge in [-0.15, -0.1) is 11.3 Å². The molecule has 206 valence electrons. The number of carbonyl (C=O) groups is 2. The SMILES string of the molecule is COc1cccc(OC[C@H]2c3ccsc3CCN2C(=O)CN(C[C@@H]2CCCO2)C(=O)c2ccccc2OC)c1. The second kappa shape index (κ2) is 12.5. The average Bonchev–Trinajstić information content (AvgIpc) is 3.67. The van der Waals surface area contributed by atoms with Crippen LogP contribution in [0.4, 0.5) is 0 Å². The fourth-order valence-corrected chi connectivity index (χ4v) is 6.17. The number of para-hydroxylation sites is 1. The zero-order valence-electron chi connectivity index (χ0n) is 22.3. The number of benzene rings is 2. The first-order valence-corrected chi connectivity index (χ1v) is 14.1. The molecule has 1 saturated heterocycles. The van der Waals surface area contributed by atoms with E-state index in [0.717, 1.165) is 24.8 Å². The molecule has 5 rings (SSSR count). The van der Waals surface area contributed by atoms with Crippen molar-refractivity contribution >= 4 is 23.2 Å². The second-order valence-electron chi connectivity index (χ2n) is 9.66. The number of methoxy groups -OCH3 is 2. The zero-order chi connectivity index (χ0) is 27.2. The highest BCUT2D eigenvalue weighted by Crippen LogP contribution is 2.34. The van der Waals surface area contributed by atoms with Crippen LogP contribution in [0.3, 0.4) is 0 Å². The van der Waals surface area contributed by atoms with Gasteiger partial charge in [0.15, 0.2) is 0 Å². The molecule has 0 radical (unpaired) electrons. The maximum atomic E-state index is 13.9. The van der Waals surface area contributed by atoms with Gasteiger partial charge in [-0.1, -0.05) is 18.2 Å². The lowest BCUT2D eigenvalue weighted by Gasteiger charge is -2.37. The van der Waals surface area contributed by atoms with Gasteiger partial charge in [0.1, 0.15) is 30.4 Å². The third-order valence-electron chi connectivity index (χ3n) is 7.26. The van der Waals surface area contributed by atoms with Gasteiger partial charge in [0.25, 0.3) is 5.91 Å². The Balaban J connectivity index is 1.37. The summed E-state index contributed by atoms with van der Waals surface area (Å²) in [6, 6.07) is 16.4. The fourth-order valence-electron chi connectivity index (χ4n) is 5.24. The maximum absolute atomic E-state index is 13.9. The van der Waals surface area contributed by atoms with Crippen molar-refractivity contribution in [3.63, 3.8) is 0 Å². The van der Waals surface area contributed by atoms with Crippen LogP contribution in [0.1, 0.15) is 39.7 Å². The Kier molecular flexibility index (Phi) is 8.68. The molecule has 2 atom stereocenters. The van der Waals surface area contributed by atoms with Crippen LogP contribution in [0, 0.1) is 0 Å². The number of hydrogen-bond donors (Lipinski definition) is 0. The Bertz CT molecular complexity index is 1290. The third kappa shape index (κ3) is 6.20.